The number of carboxylic acids is 1. The molecular formula is C15H11BrN2O5S2. The van der Waals surface area contributed by atoms with Gasteiger partial charge in [-0.05, 0) is 45.9 Å². The zero-order chi connectivity index (χ0) is 18.2. The van der Waals surface area contributed by atoms with Gasteiger partial charge in [-0.25, -0.2) is 17.9 Å². The molecule has 2 N–H and O–H groups in total. The lowest BCUT2D eigenvalue weighted by Gasteiger charge is -2.09. The van der Waals surface area contributed by atoms with Crippen molar-refractivity contribution in [3.05, 3.63) is 51.4 Å². The lowest BCUT2D eigenvalue weighted by Crippen LogP contribution is -2.12. The van der Waals surface area contributed by atoms with E-state index in [0.717, 1.165) is 11.3 Å². The van der Waals surface area contributed by atoms with Crippen LogP contribution in [0.4, 0.5) is 5.88 Å². The number of benzene rings is 1. The normalized spacial score (nSPS) is 11.4. The summed E-state index contributed by atoms with van der Waals surface area (Å²) in [4.78, 5) is 11.4. The average molecular weight is 443 g/mol. The summed E-state index contributed by atoms with van der Waals surface area (Å²) in [6.07, 6.45) is 0. The van der Waals surface area contributed by atoms with E-state index in [1.54, 1.807) is 36.6 Å². The summed E-state index contributed by atoms with van der Waals surface area (Å²) in [5, 5.41) is 14.6. The Bertz CT molecular complexity index is 1060. The largest absolute Gasteiger partial charge is 0.478 e. The molecule has 0 aliphatic carbocycles. The summed E-state index contributed by atoms with van der Waals surface area (Å²) in [6, 6.07) is 7.80. The predicted octanol–water partition coefficient (Wildman–Crippen LogP) is 3.97. The minimum Gasteiger partial charge on any atom is -0.478 e. The van der Waals surface area contributed by atoms with E-state index in [2.05, 4.69) is 25.8 Å². The summed E-state index contributed by atoms with van der Waals surface area (Å²) in [5.74, 6) is -1.17. The molecule has 10 heteroatoms. The topological polar surface area (TPSA) is 110 Å². The second-order valence-electron chi connectivity index (χ2n) is 4.99. The van der Waals surface area contributed by atoms with E-state index >= 15 is 0 Å². The third-order valence-corrected chi connectivity index (χ3v) is 7.09. The fraction of sp³-hybridized carbons (Fsp3) is 0.0667. The van der Waals surface area contributed by atoms with Gasteiger partial charge in [-0.2, -0.15) is 0 Å². The molecule has 0 aliphatic heterocycles. The molecule has 0 bridgehead atoms. The number of rotatable bonds is 5. The number of hydrogen-bond donors (Lipinski definition) is 2. The van der Waals surface area contributed by atoms with Crippen LogP contribution < -0.4 is 4.72 Å². The van der Waals surface area contributed by atoms with E-state index in [-0.39, 0.29) is 15.7 Å². The highest BCUT2D eigenvalue weighted by Crippen LogP contribution is 2.36. The molecule has 3 aromatic rings. The van der Waals surface area contributed by atoms with Gasteiger partial charge in [0.25, 0.3) is 15.9 Å². The van der Waals surface area contributed by atoms with Crippen molar-refractivity contribution in [3.63, 3.8) is 0 Å². The lowest BCUT2D eigenvalue weighted by molar-refractivity contribution is 0.0697. The molecule has 1 aromatic carbocycles. The Balaban J connectivity index is 2.08. The highest BCUT2D eigenvalue weighted by atomic mass is 79.9. The standard InChI is InChI=1S/C15H11BrN2O5S2/c1-8-12(16)13(23-17-8)18-25(21,22)15-11(6-7-24-15)9-4-2-3-5-10(9)14(19)20/h2-7,18H,1H3,(H,19,20). The lowest BCUT2D eigenvalue weighted by atomic mass is 10.0. The van der Waals surface area contributed by atoms with E-state index in [4.69, 9.17) is 4.52 Å². The number of halogens is 1. The van der Waals surface area contributed by atoms with Crippen molar-refractivity contribution in [2.75, 3.05) is 4.72 Å². The molecule has 0 aliphatic rings. The predicted molar refractivity (Wildman–Crippen MR) is 96.5 cm³/mol. The summed E-state index contributed by atoms with van der Waals surface area (Å²) < 4.78 is 33.2. The van der Waals surface area contributed by atoms with Gasteiger partial charge in [0.05, 0.1) is 11.3 Å². The molecule has 2 aromatic heterocycles. The van der Waals surface area contributed by atoms with E-state index in [9.17, 15) is 18.3 Å². The van der Waals surface area contributed by atoms with Crippen molar-refractivity contribution in [2.45, 2.75) is 11.1 Å². The number of anilines is 1. The van der Waals surface area contributed by atoms with Crippen LogP contribution in [0.3, 0.4) is 0 Å². The number of aromatic nitrogens is 1. The number of nitrogens with zero attached hydrogens (tertiary/aromatic N) is 1. The first-order valence-corrected chi connectivity index (χ1v) is 10.0. The Labute approximate surface area is 155 Å². The third kappa shape index (κ3) is 3.32. The van der Waals surface area contributed by atoms with Crippen LogP contribution in [0.15, 0.2) is 48.9 Å². The number of hydrogen-bond acceptors (Lipinski definition) is 6. The molecule has 130 valence electrons. The smallest absolute Gasteiger partial charge is 0.336 e. The maximum atomic E-state index is 12.7. The molecule has 0 unspecified atom stereocenters. The van der Waals surface area contributed by atoms with Crippen molar-refractivity contribution in [1.29, 1.82) is 0 Å². The van der Waals surface area contributed by atoms with Crippen LogP contribution in [0, 0.1) is 6.92 Å². The quantitative estimate of drug-likeness (QED) is 0.618. The second-order valence-corrected chi connectivity index (χ2v) is 8.58. The number of nitrogens with one attached hydrogen (secondary N) is 1. The Morgan fingerprint density at radius 1 is 1.28 bits per heavy atom. The van der Waals surface area contributed by atoms with E-state index in [1.165, 1.54) is 6.07 Å². The van der Waals surface area contributed by atoms with Crippen LogP contribution in [0.5, 0.6) is 0 Å². The van der Waals surface area contributed by atoms with Gasteiger partial charge in [0.2, 0.25) is 0 Å². The maximum absolute atomic E-state index is 12.7. The van der Waals surface area contributed by atoms with Crippen LogP contribution >= 0.6 is 27.3 Å². The first-order chi connectivity index (χ1) is 11.8. The number of aromatic carboxylic acids is 1. The van der Waals surface area contributed by atoms with Gasteiger partial charge < -0.3 is 9.63 Å². The van der Waals surface area contributed by atoms with Crippen molar-refractivity contribution in [3.8, 4) is 11.1 Å². The van der Waals surface area contributed by atoms with Crippen molar-refractivity contribution >= 4 is 49.1 Å². The fourth-order valence-electron chi connectivity index (χ4n) is 2.20. The molecule has 25 heavy (non-hydrogen) atoms. The Hall–Kier alpha value is -2.17. The van der Waals surface area contributed by atoms with Gasteiger partial charge in [-0.3, -0.25) is 0 Å². The van der Waals surface area contributed by atoms with Gasteiger partial charge >= 0.3 is 5.97 Å². The monoisotopic (exact) mass is 442 g/mol. The van der Waals surface area contributed by atoms with Crippen LogP contribution in [0.1, 0.15) is 16.1 Å². The van der Waals surface area contributed by atoms with E-state index in [0.29, 0.717) is 21.3 Å². The van der Waals surface area contributed by atoms with Crippen molar-refractivity contribution in [2.24, 2.45) is 0 Å². The number of thiophene rings is 1. The van der Waals surface area contributed by atoms with Crippen LogP contribution in [0.25, 0.3) is 11.1 Å². The summed E-state index contributed by atoms with van der Waals surface area (Å²) >= 11 is 4.19. The zero-order valence-electron chi connectivity index (χ0n) is 12.7. The van der Waals surface area contributed by atoms with Gasteiger partial charge in [-0.1, -0.05) is 23.4 Å². The van der Waals surface area contributed by atoms with Crippen LogP contribution in [0.2, 0.25) is 0 Å². The van der Waals surface area contributed by atoms with Crippen LogP contribution in [-0.2, 0) is 10.0 Å². The Kier molecular flexibility index (Phi) is 4.67. The second kappa shape index (κ2) is 6.62. The minimum atomic E-state index is -3.99. The first kappa shape index (κ1) is 17.6. The van der Waals surface area contributed by atoms with Gasteiger partial charge in [0.15, 0.2) is 0 Å². The fourth-order valence-corrected chi connectivity index (χ4v) is 4.95. The average Bonchev–Trinajstić information content (AvgIpc) is 3.18. The SMILES string of the molecule is Cc1noc(NS(=O)(=O)c2sccc2-c2ccccc2C(=O)O)c1Br. The molecule has 7 nitrogen and oxygen atoms in total. The van der Waals surface area contributed by atoms with Crippen LogP contribution in [-0.4, -0.2) is 24.7 Å². The Morgan fingerprint density at radius 2 is 2.00 bits per heavy atom. The molecule has 3 rings (SSSR count). The summed E-state index contributed by atoms with van der Waals surface area (Å²) in [6.45, 7) is 1.66. The third-order valence-electron chi connectivity index (χ3n) is 3.34. The van der Waals surface area contributed by atoms with E-state index < -0.39 is 16.0 Å². The summed E-state index contributed by atoms with van der Waals surface area (Å²) in [7, 11) is -3.99. The maximum Gasteiger partial charge on any atom is 0.336 e. The number of sulfonamides is 1. The molecule has 0 saturated carbocycles. The number of carboxylic acid groups (broad SMARTS) is 1. The Morgan fingerprint density at radius 3 is 2.64 bits per heavy atom. The first-order valence-electron chi connectivity index (χ1n) is 6.86. The van der Waals surface area contributed by atoms with Gasteiger partial charge in [-0.15, -0.1) is 11.3 Å². The molecule has 2 heterocycles. The van der Waals surface area contributed by atoms with Crippen molar-refractivity contribution in [1.82, 2.24) is 5.16 Å². The molecule has 0 radical (unpaired) electrons. The number of aryl methyl sites for hydroxylation is 1. The molecule has 0 amide bonds. The molecular weight excluding hydrogens is 432 g/mol. The van der Waals surface area contributed by atoms with Gasteiger partial charge in [0, 0.05) is 5.56 Å². The zero-order valence-corrected chi connectivity index (χ0v) is 15.9. The van der Waals surface area contributed by atoms with Gasteiger partial charge in [0.1, 0.15) is 8.68 Å². The minimum absolute atomic E-state index is 0.0119. The molecule has 0 fully saturated rings. The molecule has 0 atom stereocenters. The number of carbonyl (C=O) groups is 1. The van der Waals surface area contributed by atoms with Crippen molar-refractivity contribution < 1.29 is 22.8 Å². The van der Waals surface area contributed by atoms with E-state index in [1.807, 2.05) is 0 Å². The highest BCUT2D eigenvalue weighted by molar-refractivity contribution is 9.10. The molecule has 0 saturated heterocycles. The summed E-state index contributed by atoms with van der Waals surface area (Å²) in [5.41, 5.74) is 1.15. The molecule has 0 spiro atoms. The highest BCUT2D eigenvalue weighted by Gasteiger charge is 2.26.